The van der Waals surface area contributed by atoms with Gasteiger partial charge in [0.25, 0.3) is 0 Å². The van der Waals surface area contributed by atoms with Crippen molar-refractivity contribution < 1.29 is 4.39 Å². The van der Waals surface area contributed by atoms with Gasteiger partial charge < -0.3 is 6.15 Å². The third-order valence-corrected chi connectivity index (χ3v) is 1.68. The number of halogens is 1. The lowest BCUT2D eigenvalue weighted by Crippen LogP contribution is -2.10. The van der Waals surface area contributed by atoms with Gasteiger partial charge >= 0.3 is 0 Å². The van der Waals surface area contributed by atoms with Crippen molar-refractivity contribution in [2.24, 2.45) is 5.41 Å². The minimum atomic E-state index is -0.0903. The lowest BCUT2D eigenvalue weighted by atomic mass is 9.88. The smallest absolute Gasteiger partial charge is 0.126 e. The lowest BCUT2D eigenvalue weighted by molar-refractivity contribution is 0.402. The quantitative estimate of drug-likeness (QED) is 0.709. The Kier molecular flexibility index (Phi) is 4.08. The van der Waals surface area contributed by atoms with Gasteiger partial charge in [-0.1, -0.05) is 39.0 Å². The van der Waals surface area contributed by atoms with Gasteiger partial charge in [0.15, 0.2) is 0 Å². The highest BCUT2D eigenvalue weighted by atomic mass is 19.1. The van der Waals surface area contributed by atoms with E-state index >= 15 is 0 Å². The van der Waals surface area contributed by atoms with E-state index in [4.69, 9.17) is 0 Å². The summed E-state index contributed by atoms with van der Waals surface area (Å²) in [6.45, 7) is 6.33. The predicted molar refractivity (Wildman–Crippen MR) is 54.6 cm³/mol. The topological polar surface area (TPSA) is 35.0 Å². The van der Waals surface area contributed by atoms with E-state index in [9.17, 15) is 4.39 Å². The van der Waals surface area contributed by atoms with Gasteiger partial charge in [-0.25, -0.2) is 4.39 Å². The summed E-state index contributed by atoms with van der Waals surface area (Å²) in [6, 6.07) is 6.97. The molecule has 1 rings (SSSR count). The minimum absolute atomic E-state index is 0. The molecule has 0 unspecified atom stereocenters. The van der Waals surface area contributed by atoms with E-state index < -0.39 is 0 Å². The van der Waals surface area contributed by atoms with E-state index in [0.29, 0.717) is 0 Å². The molecule has 0 aliphatic heterocycles. The largest absolute Gasteiger partial charge is 0.344 e. The van der Waals surface area contributed by atoms with E-state index in [1.165, 1.54) is 6.07 Å². The number of benzene rings is 1. The first-order valence-electron chi connectivity index (χ1n) is 4.22. The third-order valence-electron chi connectivity index (χ3n) is 1.68. The molecule has 0 atom stereocenters. The van der Waals surface area contributed by atoms with Crippen molar-refractivity contribution in [3.05, 3.63) is 35.6 Å². The Morgan fingerprint density at radius 2 is 1.69 bits per heavy atom. The highest BCUT2D eigenvalue weighted by Crippen LogP contribution is 2.21. The van der Waals surface area contributed by atoms with Crippen LogP contribution in [0.1, 0.15) is 26.3 Å². The number of hydrogen-bond donors (Lipinski definition) is 1. The van der Waals surface area contributed by atoms with Gasteiger partial charge in [0.2, 0.25) is 0 Å². The molecule has 1 nitrogen and oxygen atoms in total. The Morgan fingerprint density at radius 1 is 1.15 bits per heavy atom. The van der Waals surface area contributed by atoms with Gasteiger partial charge in [0, 0.05) is 0 Å². The second kappa shape index (κ2) is 4.38. The first-order valence-corrected chi connectivity index (χ1v) is 4.22. The molecule has 0 spiro atoms. The van der Waals surface area contributed by atoms with Crippen LogP contribution in [0.4, 0.5) is 4.39 Å². The standard InChI is InChI=1S/C11H15F.H3N/c1-11(2,3)8-9-6-4-5-7-10(9)12;/h4-7H,8H2,1-3H3;1H3. The SMILES string of the molecule is CC(C)(C)Cc1ccccc1F.N. The monoisotopic (exact) mass is 183 g/mol. The Labute approximate surface area is 79.6 Å². The van der Waals surface area contributed by atoms with Crippen molar-refractivity contribution in [2.45, 2.75) is 27.2 Å². The summed E-state index contributed by atoms with van der Waals surface area (Å²) in [6.07, 6.45) is 0.791. The van der Waals surface area contributed by atoms with Crippen LogP contribution < -0.4 is 6.15 Å². The Hall–Kier alpha value is -0.890. The average Bonchev–Trinajstić information content (AvgIpc) is 1.91. The average molecular weight is 183 g/mol. The minimum Gasteiger partial charge on any atom is -0.344 e. The van der Waals surface area contributed by atoms with Crippen molar-refractivity contribution in [1.82, 2.24) is 6.15 Å². The van der Waals surface area contributed by atoms with E-state index in [1.54, 1.807) is 6.07 Å². The molecule has 0 fully saturated rings. The van der Waals surface area contributed by atoms with Crippen LogP contribution in [0.3, 0.4) is 0 Å². The van der Waals surface area contributed by atoms with E-state index in [0.717, 1.165) is 12.0 Å². The molecule has 1 aromatic rings. The summed E-state index contributed by atoms with van der Waals surface area (Å²) in [7, 11) is 0. The molecule has 3 N–H and O–H groups in total. The number of hydrogen-bond acceptors (Lipinski definition) is 1. The Bertz CT molecular complexity index is 263. The normalized spacial score (nSPS) is 10.8. The molecule has 0 saturated carbocycles. The summed E-state index contributed by atoms with van der Waals surface area (Å²) < 4.78 is 13.1. The summed E-state index contributed by atoms with van der Waals surface area (Å²) in [5, 5.41) is 0. The molecule has 0 aliphatic carbocycles. The van der Waals surface area contributed by atoms with E-state index in [2.05, 4.69) is 20.8 Å². The van der Waals surface area contributed by atoms with Gasteiger partial charge in [-0.05, 0) is 23.5 Å². The molecule has 0 aliphatic rings. The van der Waals surface area contributed by atoms with Crippen LogP contribution in [0.25, 0.3) is 0 Å². The second-order valence-corrected chi connectivity index (χ2v) is 4.33. The third kappa shape index (κ3) is 4.04. The fourth-order valence-corrected chi connectivity index (χ4v) is 1.21. The molecule has 0 aromatic heterocycles. The van der Waals surface area contributed by atoms with Crippen LogP contribution in [0.15, 0.2) is 24.3 Å². The van der Waals surface area contributed by atoms with Gasteiger partial charge in [-0.2, -0.15) is 0 Å². The second-order valence-electron chi connectivity index (χ2n) is 4.33. The van der Waals surface area contributed by atoms with Gasteiger partial charge in [0.1, 0.15) is 5.82 Å². The van der Waals surface area contributed by atoms with Crippen molar-refractivity contribution in [2.75, 3.05) is 0 Å². The maximum atomic E-state index is 13.1. The highest BCUT2D eigenvalue weighted by Gasteiger charge is 2.13. The molecule has 0 radical (unpaired) electrons. The first kappa shape index (κ1) is 12.1. The maximum absolute atomic E-state index is 13.1. The summed E-state index contributed by atoms with van der Waals surface area (Å²) in [5.41, 5.74) is 0.965. The van der Waals surface area contributed by atoms with Crippen LogP contribution in [-0.2, 0) is 6.42 Å². The molecule has 0 bridgehead atoms. The molecule has 2 heteroatoms. The zero-order chi connectivity index (χ0) is 9.19. The van der Waals surface area contributed by atoms with Crippen LogP contribution in [0.5, 0.6) is 0 Å². The maximum Gasteiger partial charge on any atom is 0.126 e. The van der Waals surface area contributed by atoms with E-state index in [-0.39, 0.29) is 17.4 Å². The molecule has 1 aromatic carbocycles. The zero-order valence-electron chi connectivity index (χ0n) is 8.60. The number of rotatable bonds is 1. The molecule has 0 amide bonds. The van der Waals surface area contributed by atoms with Gasteiger partial charge in [-0.3, -0.25) is 0 Å². The molecule has 74 valence electrons. The zero-order valence-corrected chi connectivity index (χ0v) is 8.60. The Balaban J connectivity index is 0.00000144. The highest BCUT2D eigenvalue weighted by molar-refractivity contribution is 5.18. The molecular weight excluding hydrogens is 165 g/mol. The fourth-order valence-electron chi connectivity index (χ4n) is 1.21. The molecular formula is C11H18FN. The van der Waals surface area contributed by atoms with Crippen LogP contribution in [0, 0.1) is 11.2 Å². The summed E-state index contributed by atoms with van der Waals surface area (Å²) in [5.74, 6) is -0.0903. The fraction of sp³-hybridized carbons (Fsp3) is 0.455. The lowest BCUT2D eigenvalue weighted by Gasteiger charge is -2.18. The molecule has 13 heavy (non-hydrogen) atoms. The molecule has 0 saturated heterocycles. The summed E-state index contributed by atoms with van der Waals surface area (Å²) in [4.78, 5) is 0. The van der Waals surface area contributed by atoms with Crippen LogP contribution in [0.2, 0.25) is 0 Å². The van der Waals surface area contributed by atoms with Crippen molar-refractivity contribution >= 4 is 0 Å². The Morgan fingerprint density at radius 3 is 2.15 bits per heavy atom. The van der Waals surface area contributed by atoms with Gasteiger partial charge in [-0.15, -0.1) is 0 Å². The van der Waals surface area contributed by atoms with Crippen molar-refractivity contribution in [3.63, 3.8) is 0 Å². The van der Waals surface area contributed by atoms with E-state index in [1.807, 2.05) is 12.1 Å². The first-order chi connectivity index (χ1) is 5.49. The van der Waals surface area contributed by atoms with Crippen molar-refractivity contribution in [1.29, 1.82) is 0 Å². The van der Waals surface area contributed by atoms with Crippen molar-refractivity contribution in [3.8, 4) is 0 Å². The van der Waals surface area contributed by atoms with Gasteiger partial charge in [0.05, 0.1) is 0 Å². The van der Waals surface area contributed by atoms with Crippen LogP contribution >= 0.6 is 0 Å². The summed E-state index contributed by atoms with van der Waals surface area (Å²) >= 11 is 0. The predicted octanol–water partition coefficient (Wildman–Crippen LogP) is 3.58. The molecule has 0 heterocycles. The van der Waals surface area contributed by atoms with Crippen LogP contribution in [-0.4, -0.2) is 0 Å².